The average molecular weight is 309 g/mol. The van der Waals surface area contributed by atoms with Crippen molar-refractivity contribution in [3.05, 3.63) is 51.3 Å². The summed E-state index contributed by atoms with van der Waals surface area (Å²) in [6, 6.07) is 7.40. The molecule has 1 amide bonds. The first-order chi connectivity index (χ1) is 8.56. The highest BCUT2D eigenvalue weighted by molar-refractivity contribution is 9.10. The molecule has 0 radical (unpaired) electrons. The van der Waals surface area contributed by atoms with Crippen molar-refractivity contribution in [3.63, 3.8) is 0 Å². The third-order valence-electron chi connectivity index (χ3n) is 2.47. The lowest BCUT2D eigenvalue weighted by atomic mass is 10.1. The third kappa shape index (κ3) is 2.98. The summed E-state index contributed by atoms with van der Waals surface area (Å²) in [6.07, 6.45) is 0. The minimum atomic E-state index is -0.143. The summed E-state index contributed by atoms with van der Waals surface area (Å²) in [5, 5.41) is 6.55. The summed E-state index contributed by atoms with van der Waals surface area (Å²) in [4.78, 5) is 12.0. The lowest BCUT2D eigenvalue weighted by Gasteiger charge is -2.05. The Labute approximate surface area is 113 Å². The zero-order valence-corrected chi connectivity index (χ0v) is 11.7. The van der Waals surface area contributed by atoms with Crippen LogP contribution in [-0.2, 0) is 6.54 Å². The lowest BCUT2D eigenvalue weighted by molar-refractivity contribution is 0.0946. The van der Waals surface area contributed by atoms with Crippen LogP contribution < -0.4 is 5.32 Å². The summed E-state index contributed by atoms with van der Waals surface area (Å²) in [6.45, 7) is 4.15. The molecule has 0 bridgehead atoms. The molecule has 4 nitrogen and oxygen atoms in total. The van der Waals surface area contributed by atoms with Crippen LogP contribution >= 0.6 is 15.9 Å². The number of rotatable bonds is 3. The maximum Gasteiger partial charge on any atom is 0.252 e. The van der Waals surface area contributed by atoms with E-state index < -0.39 is 0 Å². The van der Waals surface area contributed by atoms with Gasteiger partial charge in [0.2, 0.25) is 0 Å². The smallest absolute Gasteiger partial charge is 0.252 e. The molecule has 0 aliphatic rings. The van der Waals surface area contributed by atoms with Gasteiger partial charge in [-0.15, -0.1) is 0 Å². The second-order valence-corrected chi connectivity index (χ2v) is 4.95. The van der Waals surface area contributed by atoms with E-state index in [-0.39, 0.29) is 5.91 Å². The highest BCUT2D eigenvalue weighted by Gasteiger charge is 2.10. The van der Waals surface area contributed by atoms with Crippen LogP contribution in [0.2, 0.25) is 0 Å². The molecule has 0 saturated carbocycles. The van der Waals surface area contributed by atoms with Crippen LogP contribution in [0.1, 0.15) is 27.4 Å². The molecule has 1 N–H and O–H groups in total. The van der Waals surface area contributed by atoms with Crippen LogP contribution in [0.15, 0.2) is 33.3 Å². The number of benzene rings is 1. The van der Waals surface area contributed by atoms with Gasteiger partial charge >= 0.3 is 0 Å². The second kappa shape index (κ2) is 5.35. The van der Waals surface area contributed by atoms with Gasteiger partial charge in [0.1, 0.15) is 0 Å². The van der Waals surface area contributed by atoms with E-state index in [9.17, 15) is 4.79 Å². The van der Waals surface area contributed by atoms with Gasteiger partial charge in [0.25, 0.3) is 5.91 Å². The molecule has 5 heteroatoms. The molecule has 1 aromatic carbocycles. The van der Waals surface area contributed by atoms with Crippen molar-refractivity contribution in [1.29, 1.82) is 0 Å². The number of aromatic nitrogens is 1. The van der Waals surface area contributed by atoms with E-state index >= 15 is 0 Å². The minimum absolute atomic E-state index is 0.143. The Balaban J connectivity index is 2.03. The van der Waals surface area contributed by atoms with Gasteiger partial charge in [-0.25, -0.2) is 0 Å². The zero-order valence-electron chi connectivity index (χ0n) is 10.2. The second-order valence-electron chi connectivity index (χ2n) is 4.10. The predicted octanol–water partition coefficient (Wildman–Crippen LogP) is 2.98. The molecule has 1 aromatic heterocycles. The van der Waals surface area contributed by atoms with Crippen molar-refractivity contribution in [2.45, 2.75) is 20.4 Å². The lowest BCUT2D eigenvalue weighted by Crippen LogP contribution is -2.22. The molecule has 0 saturated heterocycles. The van der Waals surface area contributed by atoms with Crippen LogP contribution in [0, 0.1) is 13.8 Å². The molecule has 0 atom stereocenters. The van der Waals surface area contributed by atoms with Crippen LogP contribution in [0.25, 0.3) is 0 Å². The molecule has 94 valence electrons. The zero-order chi connectivity index (χ0) is 13.1. The van der Waals surface area contributed by atoms with Gasteiger partial charge in [0.15, 0.2) is 5.76 Å². The molecule has 0 aliphatic heterocycles. The number of hydrogen-bond acceptors (Lipinski definition) is 3. The fraction of sp³-hybridized carbons (Fsp3) is 0.231. The van der Waals surface area contributed by atoms with Crippen LogP contribution in [-0.4, -0.2) is 11.1 Å². The van der Waals surface area contributed by atoms with Crippen molar-refractivity contribution in [1.82, 2.24) is 10.5 Å². The molecule has 1 heterocycles. The standard InChI is InChI=1S/C13H13BrN2O2/c1-8-3-4-11(12(14)5-8)13(17)15-7-10-6-9(2)16-18-10/h3-6H,7H2,1-2H3,(H,15,17). The van der Waals surface area contributed by atoms with E-state index in [2.05, 4.69) is 26.4 Å². The van der Waals surface area contributed by atoms with Crippen LogP contribution in [0.3, 0.4) is 0 Å². The van der Waals surface area contributed by atoms with Crippen LogP contribution in [0.5, 0.6) is 0 Å². The molecule has 0 unspecified atom stereocenters. The van der Waals surface area contributed by atoms with Crippen molar-refractivity contribution in [2.75, 3.05) is 0 Å². The first-order valence-corrected chi connectivity index (χ1v) is 6.32. The van der Waals surface area contributed by atoms with Gasteiger partial charge in [-0.3, -0.25) is 4.79 Å². The Morgan fingerprint density at radius 3 is 2.78 bits per heavy atom. The number of carbonyl (C=O) groups is 1. The fourth-order valence-electron chi connectivity index (χ4n) is 1.57. The number of hydrogen-bond donors (Lipinski definition) is 1. The maximum atomic E-state index is 12.0. The van der Waals surface area contributed by atoms with E-state index in [1.54, 1.807) is 12.1 Å². The Bertz CT molecular complexity index is 578. The molecule has 18 heavy (non-hydrogen) atoms. The summed E-state index contributed by atoms with van der Waals surface area (Å²) in [5.74, 6) is 0.500. The maximum absolute atomic E-state index is 12.0. The van der Waals surface area contributed by atoms with Gasteiger partial charge < -0.3 is 9.84 Å². The number of aryl methyl sites for hydroxylation is 2. The molecular formula is C13H13BrN2O2. The number of amides is 1. The van der Waals surface area contributed by atoms with Gasteiger partial charge in [-0.1, -0.05) is 11.2 Å². The van der Waals surface area contributed by atoms with Gasteiger partial charge in [-0.2, -0.15) is 0 Å². The highest BCUT2D eigenvalue weighted by atomic mass is 79.9. The Kier molecular flexibility index (Phi) is 3.81. The Morgan fingerprint density at radius 2 is 2.17 bits per heavy atom. The first kappa shape index (κ1) is 12.8. The summed E-state index contributed by atoms with van der Waals surface area (Å²) < 4.78 is 5.81. The summed E-state index contributed by atoms with van der Waals surface area (Å²) >= 11 is 3.38. The number of halogens is 1. The minimum Gasteiger partial charge on any atom is -0.359 e. The number of nitrogens with one attached hydrogen (secondary N) is 1. The van der Waals surface area contributed by atoms with Crippen molar-refractivity contribution in [2.24, 2.45) is 0 Å². The van der Waals surface area contributed by atoms with Crippen molar-refractivity contribution >= 4 is 21.8 Å². The quantitative estimate of drug-likeness (QED) is 0.948. The molecule has 0 spiro atoms. The van der Waals surface area contributed by atoms with E-state index in [1.807, 2.05) is 26.0 Å². The van der Waals surface area contributed by atoms with Crippen LogP contribution in [0.4, 0.5) is 0 Å². The van der Waals surface area contributed by atoms with E-state index in [1.165, 1.54) is 0 Å². The van der Waals surface area contributed by atoms with E-state index in [0.29, 0.717) is 17.9 Å². The molecule has 0 fully saturated rings. The molecule has 0 aliphatic carbocycles. The Morgan fingerprint density at radius 1 is 1.39 bits per heavy atom. The molecule has 2 aromatic rings. The topological polar surface area (TPSA) is 55.1 Å². The normalized spacial score (nSPS) is 10.4. The van der Waals surface area contributed by atoms with Crippen molar-refractivity contribution < 1.29 is 9.32 Å². The van der Waals surface area contributed by atoms with Gasteiger partial charge in [0.05, 0.1) is 17.8 Å². The van der Waals surface area contributed by atoms with Gasteiger partial charge in [-0.05, 0) is 47.5 Å². The number of carbonyl (C=O) groups excluding carboxylic acids is 1. The predicted molar refractivity (Wildman–Crippen MR) is 71.3 cm³/mol. The monoisotopic (exact) mass is 308 g/mol. The largest absolute Gasteiger partial charge is 0.359 e. The van der Waals surface area contributed by atoms with Crippen molar-refractivity contribution in [3.8, 4) is 0 Å². The molecule has 2 rings (SSSR count). The SMILES string of the molecule is Cc1ccc(C(=O)NCc2cc(C)no2)c(Br)c1. The summed E-state index contributed by atoms with van der Waals surface area (Å²) in [7, 11) is 0. The highest BCUT2D eigenvalue weighted by Crippen LogP contribution is 2.18. The Hall–Kier alpha value is -1.62. The average Bonchev–Trinajstić information content (AvgIpc) is 2.72. The summed E-state index contributed by atoms with van der Waals surface area (Å²) in [5.41, 5.74) is 2.51. The fourth-order valence-corrected chi connectivity index (χ4v) is 2.24. The molecular weight excluding hydrogens is 296 g/mol. The number of nitrogens with zero attached hydrogens (tertiary/aromatic N) is 1. The van der Waals surface area contributed by atoms with E-state index in [4.69, 9.17) is 4.52 Å². The van der Waals surface area contributed by atoms with E-state index in [0.717, 1.165) is 15.7 Å². The third-order valence-corrected chi connectivity index (χ3v) is 3.13. The first-order valence-electron chi connectivity index (χ1n) is 5.53. The van der Waals surface area contributed by atoms with Gasteiger partial charge in [0, 0.05) is 10.5 Å².